The van der Waals surface area contributed by atoms with E-state index in [1.807, 2.05) is 0 Å². The lowest BCUT2D eigenvalue weighted by atomic mass is 9.95. The first kappa shape index (κ1) is 10.9. The third-order valence-electron chi connectivity index (χ3n) is 2.35. The summed E-state index contributed by atoms with van der Waals surface area (Å²) in [6.45, 7) is 1.71. The number of hydrogen-bond donors (Lipinski definition) is 2. The Balaban J connectivity index is 2.42. The van der Waals surface area contributed by atoms with E-state index in [-0.39, 0.29) is 11.7 Å². The number of hydrogen-bond acceptors (Lipinski definition) is 4. The van der Waals surface area contributed by atoms with Crippen molar-refractivity contribution in [1.29, 1.82) is 0 Å². The van der Waals surface area contributed by atoms with Gasteiger partial charge in [-0.25, -0.2) is 8.42 Å². The molecule has 4 nitrogen and oxygen atoms in total. The van der Waals surface area contributed by atoms with E-state index in [0.29, 0.717) is 0 Å². The van der Waals surface area contributed by atoms with E-state index in [0.717, 1.165) is 32.2 Å². The molecule has 1 aliphatic heterocycles. The zero-order valence-electron chi connectivity index (χ0n) is 7.86. The lowest BCUT2D eigenvalue weighted by molar-refractivity contribution is 0.111. The molecule has 1 heterocycles. The van der Waals surface area contributed by atoms with Crippen molar-refractivity contribution in [3.8, 4) is 0 Å². The summed E-state index contributed by atoms with van der Waals surface area (Å²) in [5, 5.41) is 12.7. The van der Waals surface area contributed by atoms with Gasteiger partial charge < -0.3 is 10.4 Å². The number of nitrogens with one attached hydrogen (secondary N) is 1. The van der Waals surface area contributed by atoms with Gasteiger partial charge in [0.1, 0.15) is 9.84 Å². The van der Waals surface area contributed by atoms with Crippen molar-refractivity contribution in [2.45, 2.75) is 18.9 Å². The number of sulfone groups is 1. The van der Waals surface area contributed by atoms with Gasteiger partial charge in [0.2, 0.25) is 0 Å². The maximum absolute atomic E-state index is 10.9. The van der Waals surface area contributed by atoms with Gasteiger partial charge in [0.15, 0.2) is 0 Å². The molecule has 0 aliphatic carbocycles. The molecule has 1 fully saturated rings. The molecule has 0 amide bonds. The highest BCUT2D eigenvalue weighted by atomic mass is 32.2. The molecule has 0 bridgehead atoms. The van der Waals surface area contributed by atoms with Crippen LogP contribution in [0.25, 0.3) is 0 Å². The van der Waals surface area contributed by atoms with Crippen molar-refractivity contribution in [3.05, 3.63) is 0 Å². The average Bonchev–Trinajstić information content (AvgIpc) is 2.03. The predicted octanol–water partition coefficient (Wildman–Crippen LogP) is -0.608. The van der Waals surface area contributed by atoms with Gasteiger partial charge in [-0.2, -0.15) is 0 Å². The van der Waals surface area contributed by atoms with Crippen LogP contribution in [-0.4, -0.2) is 44.7 Å². The normalized spacial score (nSPS) is 27.1. The van der Waals surface area contributed by atoms with Crippen LogP contribution < -0.4 is 5.32 Å². The van der Waals surface area contributed by atoms with Gasteiger partial charge in [0, 0.05) is 12.8 Å². The Morgan fingerprint density at radius 3 is 2.77 bits per heavy atom. The van der Waals surface area contributed by atoms with Crippen LogP contribution in [-0.2, 0) is 9.84 Å². The van der Waals surface area contributed by atoms with Crippen molar-refractivity contribution >= 4 is 9.84 Å². The van der Waals surface area contributed by atoms with Crippen molar-refractivity contribution in [2.24, 2.45) is 5.92 Å². The van der Waals surface area contributed by atoms with Crippen molar-refractivity contribution in [2.75, 3.05) is 25.1 Å². The van der Waals surface area contributed by atoms with Crippen LogP contribution in [0.15, 0.2) is 0 Å². The number of rotatable bonds is 3. The molecule has 2 N–H and O–H groups in total. The Labute approximate surface area is 79.3 Å². The first-order valence-corrected chi connectivity index (χ1v) is 6.61. The highest BCUT2D eigenvalue weighted by molar-refractivity contribution is 7.90. The second-order valence-corrected chi connectivity index (χ2v) is 5.95. The van der Waals surface area contributed by atoms with Gasteiger partial charge in [-0.05, 0) is 25.3 Å². The van der Waals surface area contributed by atoms with E-state index in [9.17, 15) is 13.5 Å². The largest absolute Gasteiger partial charge is 0.392 e. The molecule has 5 heteroatoms. The molecule has 78 valence electrons. The molecule has 0 aromatic heterocycles. The van der Waals surface area contributed by atoms with Crippen LogP contribution in [0.2, 0.25) is 0 Å². The lowest BCUT2D eigenvalue weighted by Crippen LogP contribution is -2.39. The molecule has 2 atom stereocenters. The molecule has 1 saturated heterocycles. The molecule has 0 aromatic carbocycles. The molecule has 1 rings (SSSR count). The summed E-state index contributed by atoms with van der Waals surface area (Å²) in [5.74, 6) is -0.0113. The minimum Gasteiger partial charge on any atom is -0.392 e. The van der Waals surface area contributed by atoms with Gasteiger partial charge in [0.25, 0.3) is 0 Å². The lowest BCUT2D eigenvalue weighted by Gasteiger charge is -2.26. The molecular formula is C8H17NO3S. The Hall–Kier alpha value is -0.130. The molecule has 0 radical (unpaired) electrons. The Morgan fingerprint density at radius 1 is 1.62 bits per heavy atom. The van der Waals surface area contributed by atoms with Crippen LogP contribution >= 0.6 is 0 Å². The molecule has 13 heavy (non-hydrogen) atoms. The van der Waals surface area contributed by atoms with Gasteiger partial charge in [-0.3, -0.25) is 0 Å². The molecule has 0 saturated carbocycles. The molecule has 0 spiro atoms. The second kappa shape index (κ2) is 4.39. The zero-order chi connectivity index (χ0) is 9.90. The summed E-state index contributed by atoms with van der Waals surface area (Å²) in [4.78, 5) is 0. The fourth-order valence-electron chi connectivity index (χ4n) is 1.65. The minimum absolute atomic E-state index is 0.100. The maximum Gasteiger partial charge on any atom is 0.150 e. The van der Waals surface area contributed by atoms with Crippen LogP contribution in [0.4, 0.5) is 0 Å². The number of aliphatic hydroxyl groups excluding tert-OH is 1. The highest BCUT2D eigenvalue weighted by Crippen LogP contribution is 2.15. The summed E-state index contributed by atoms with van der Waals surface area (Å²) in [6.07, 6.45) is 2.39. The van der Waals surface area contributed by atoms with E-state index < -0.39 is 15.9 Å². The predicted molar refractivity (Wildman–Crippen MR) is 51.3 cm³/mol. The third-order valence-corrected chi connectivity index (χ3v) is 3.30. The second-order valence-electron chi connectivity index (χ2n) is 3.77. The Kier molecular flexibility index (Phi) is 3.70. The van der Waals surface area contributed by atoms with Crippen LogP contribution in [0.5, 0.6) is 0 Å². The van der Waals surface area contributed by atoms with Gasteiger partial charge in [0.05, 0.1) is 11.9 Å². The summed E-state index contributed by atoms with van der Waals surface area (Å²) in [6, 6.07) is 0. The van der Waals surface area contributed by atoms with Crippen molar-refractivity contribution < 1.29 is 13.5 Å². The quantitative estimate of drug-likeness (QED) is 0.648. The van der Waals surface area contributed by atoms with Gasteiger partial charge >= 0.3 is 0 Å². The zero-order valence-corrected chi connectivity index (χ0v) is 8.68. The van der Waals surface area contributed by atoms with Crippen molar-refractivity contribution in [3.63, 3.8) is 0 Å². The van der Waals surface area contributed by atoms with Gasteiger partial charge in [-0.1, -0.05) is 0 Å². The first-order chi connectivity index (χ1) is 5.99. The average molecular weight is 207 g/mol. The van der Waals surface area contributed by atoms with Gasteiger partial charge in [-0.15, -0.1) is 0 Å². The van der Waals surface area contributed by atoms with Crippen LogP contribution in [0.1, 0.15) is 12.8 Å². The Bertz CT molecular complexity index is 244. The molecule has 0 aromatic rings. The molecule has 1 aliphatic rings. The minimum atomic E-state index is -3.05. The first-order valence-electron chi connectivity index (χ1n) is 4.55. The third kappa shape index (κ3) is 4.06. The summed E-state index contributed by atoms with van der Waals surface area (Å²) in [7, 11) is -3.05. The van der Waals surface area contributed by atoms with E-state index in [1.165, 1.54) is 0 Å². The maximum atomic E-state index is 10.9. The smallest absolute Gasteiger partial charge is 0.150 e. The fraction of sp³-hybridized carbons (Fsp3) is 1.00. The molecular weight excluding hydrogens is 190 g/mol. The summed E-state index contributed by atoms with van der Waals surface area (Å²) >= 11 is 0. The topological polar surface area (TPSA) is 66.4 Å². The monoisotopic (exact) mass is 207 g/mol. The Morgan fingerprint density at radius 2 is 2.31 bits per heavy atom. The summed E-state index contributed by atoms with van der Waals surface area (Å²) in [5.41, 5.74) is 0. The summed E-state index contributed by atoms with van der Waals surface area (Å²) < 4.78 is 21.8. The van der Waals surface area contributed by atoms with E-state index in [1.54, 1.807) is 0 Å². The van der Waals surface area contributed by atoms with E-state index in [4.69, 9.17) is 0 Å². The number of piperidine rings is 1. The van der Waals surface area contributed by atoms with Crippen LogP contribution in [0, 0.1) is 5.92 Å². The number of aliphatic hydroxyl groups is 1. The van der Waals surface area contributed by atoms with E-state index >= 15 is 0 Å². The SMILES string of the molecule is CS(=O)(=O)CC(O)C1CCCNC1. The van der Waals surface area contributed by atoms with Crippen molar-refractivity contribution in [1.82, 2.24) is 5.32 Å². The highest BCUT2D eigenvalue weighted by Gasteiger charge is 2.24. The van der Waals surface area contributed by atoms with E-state index in [2.05, 4.69) is 5.32 Å². The fourth-order valence-corrected chi connectivity index (χ4v) is 2.55. The van der Waals surface area contributed by atoms with Crippen LogP contribution in [0.3, 0.4) is 0 Å². The molecule has 2 unspecified atom stereocenters. The standard InChI is InChI=1S/C8H17NO3S/c1-13(11,12)6-8(10)7-3-2-4-9-5-7/h7-10H,2-6H2,1H3.